The van der Waals surface area contributed by atoms with Crippen molar-refractivity contribution in [3.05, 3.63) is 22.4 Å². The lowest BCUT2D eigenvalue weighted by Crippen LogP contribution is -2.51. The van der Waals surface area contributed by atoms with Crippen LogP contribution in [0.2, 0.25) is 0 Å². The first-order valence-electron chi connectivity index (χ1n) is 9.84. The first-order chi connectivity index (χ1) is 14.3. The van der Waals surface area contributed by atoms with Gasteiger partial charge in [0.05, 0.1) is 19.3 Å². The van der Waals surface area contributed by atoms with Crippen LogP contribution in [0.25, 0.3) is 0 Å². The molecule has 30 heavy (non-hydrogen) atoms. The first-order valence-corrected chi connectivity index (χ1v) is 10.7. The van der Waals surface area contributed by atoms with Crippen LogP contribution < -0.4 is 0 Å². The number of fused-ring (bicyclic) bond motifs is 1. The second-order valence-electron chi connectivity index (χ2n) is 7.39. The second kappa shape index (κ2) is 10.1. The molecule has 11 heteroatoms. The summed E-state index contributed by atoms with van der Waals surface area (Å²) in [5, 5.41) is 9.26. The number of carboxylic acid groups (broad SMARTS) is 1. The van der Waals surface area contributed by atoms with Crippen LogP contribution in [-0.4, -0.2) is 84.1 Å². The maximum Gasteiger partial charge on any atom is 0.490 e. The lowest BCUT2D eigenvalue weighted by atomic mass is 9.98. The van der Waals surface area contributed by atoms with E-state index in [1.54, 1.807) is 0 Å². The van der Waals surface area contributed by atoms with E-state index < -0.39 is 12.1 Å². The monoisotopic (exact) mass is 450 g/mol. The average Bonchev–Trinajstić information content (AvgIpc) is 3.38. The molecule has 0 unspecified atom stereocenters. The van der Waals surface area contributed by atoms with Gasteiger partial charge in [0, 0.05) is 37.1 Å². The molecule has 4 heterocycles. The van der Waals surface area contributed by atoms with Gasteiger partial charge in [0.15, 0.2) is 0 Å². The zero-order chi connectivity index (χ0) is 21.7. The summed E-state index contributed by atoms with van der Waals surface area (Å²) in [6, 6.07) is 4.79. The van der Waals surface area contributed by atoms with Crippen LogP contribution in [0.4, 0.5) is 13.2 Å². The number of rotatable bonds is 3. The van der Waals surface area contributed by atoms with Crippen molar-refractivity contribution in [2.45, 2.75) is 50.2 Å². The number of morpholine rings is 1. The van der Waals surface area contributed by atoms with Gasteiger partial charge in [-0.05, 0) is 30.7 Å². The van der Waals surface area contributed by atoms with Crippen LogP contribution in [0, 0.1) is 0 Å². The Hall–Kier alpha value is -1.69. The van der Waals surface area contributed by atoms with Crippen LogP contribution in [0.1, 0.15) is 24.1 Å². The van der Waals surface area contributed by atoms with Crippen molar-refractivity contribution in [1.82, 2.24) is 9.80 Å². The summed E-state index contributed by atoms with van der Waals surface area (Å²) < 4.78 is 43.3. The van der Waals surface area contributed by atoms with E-state index in [4.69, 9.17) is 19.4 Å². The fourth-order valence-electron chi connectivity index (χ4n) is 3.98. The summed E-state index contributed by atoms with van der Waals surface area (Å²) in [5.41, 5.74) is 0. The Morgan fingerprint density at radius 2 is 1.87 bits per heavy atom. The molecule has 4 rings (SSSR count). The van der Waals surface area contributed by atoms with Crippen molar-refractivity contribution in [2.24, 2.45) is 0 Å². The van der Waals surface area contributed by atoms with Crippen molar-refractivity contribution in [1.29, 1.82) is 0 Å². The molecular formula is C19H25F3N2O5S. The van der Waals surface area contributed by atoms with Crippen LogP contribution in [0.3, 0.4) is 0 Å². The summed E-state index contributed by atoms with van der Waals surface area (Å²) in [5.74, 6) is -2.59. The van der Waals surface area contributed by atoms with Crippen molar-refractivity contribution in [2.75, 3.05) is 32.8 Å². The summed E-state index contributed by atoms with van der Waals surface area (Å²) in [4.78, 5) is 27.4. The maximum atomic E-state index is 12.6. The van der Waals surface area contributed by atoms with Crippen LogP contribution in [0.5, 0.6) is 0 Å². The van der Waals surface area contributed by atoms with Crippen molar-refractivity contribution >= 4 is 23.2 Å². The molecule has 168 valence electrons. The zero-order valence-electron chi connectivity index (χ0n) is 16.3. The Kier molecular flexibility index (Phi) is 7.72. The predicted octanol–water partition coefficient (Wildman–Crippen LogP) is 2.36. The first kappa shape index (κ1) is 23.0. The van der Waals surface area contributed by atoms with Gasteiger partial charge in [-0.2, -0.15) is 13.2 Å². The summed E-state index contributed by atoms with van der Waals surface area (Å²) >= 11 is 1.82. The standard InChI is InChI=1S/C17H24N2O3S.C2HF3O2/c20-17(18-7-9-21-10-8-18)16-4-3-14-15(22-16)5-6-19(14)12-13-2-1-11-23-13;3-2(4,5)1(6)7/h1-2,11,14-16H,3-10,12H2;(H,6,7)/t14-,15-,16-;/m1./s1. The average molecular weight is 450 g/mol. The number of amides is 1. The molecule has 3 saturated heterocycles. The molecule has 0 radical (unpaired) electrons. The molecule has 0 saturated carbocycles. The SMILES string of the molecule is O=C(O)C(F)(F)F.O=C([C@H]1CC[C@@H]2[C@@H](CCN2Cc2cccs2)O1)N1CCOCC1. The number of aliphatic carboxylic acids is 1. The fraction of sp³-hybridized carbons (Fsp3) is 0.684. The number of hydrogen-bond donors (Lipinski definition) is 1. The van der Waals surface area contributed by atoms with Gasteiger partial charge in [-0.3, -0.25) is 9.69 Å². The third-order valence-electron chi connectivity index (χ3n) is 5.44. The minimum Gasteiger partial charge on any atom is -0.475 e. The summed E-state index contributed by atoms with van der Waals surface area (Å²) in [7, 11) is 0. The van der Waals surface area contributed by atoms with E-state index in [1.807, 2.05) is 16.2 Å². The van der Waals surface area contributed by atoms with E-state index >= 15 is 0 Å². The van der Waals surface area contributed by atoms with Crippen molar-refractivity contribution in [3.8, 4) is 0 Å². The molecule has 1 aromatic rings. The van der Waals surface area contributed by atoms with Gasteiger partial charge in [0.25, 0.3) is 5.91 Å². The van der Waals surface area contributed by atoms with Crippen LogP contribution in [-0.2, 0) is 25.6 Å². The van der Waals surface area contributed by atoms with E-state index in [0.717, 1.165) is 32.4 Å². The number of likely N-dealkylation sites (tertiary alicyclic amines) is 1. The molecule has 0 bridgehead atoms. The normalized spacial score (nSPS) is 27.2. The van der Waals surface area contributed by atoms with Gasteiger partial charge in [-0.1, -0.05) is 6.07 Å². The third-order valence-corrected chi connectivity index (χ3v) is 6.30. The summed E-state index contributed by atoms with van der Waals surface area (Å²) in [6.07, 6.45) is -2.15. The Morgan fingerprint density at radius 3 is 2.47 bits per heavy atom. The molecule has 3 fully saturated rings. The number of carbonyl (C=O) groups excluding carboxylic acids is 1. The number of carboxylic acids is 1. The van der Waals surface area contributed by atoms with Crippen LogP contribution >= 0.6 is 11.3 Å². The smallest absolute Gasteiger partial charge is 0.475 e. The molecule has 0 aromatic carbocycles. The van der Waals surface area contributed by atoms with Gasteiger partial charge in [0.2, 0.25) is 0 Å². The van der Waals surface area contributed by atoms with Gasteiger partial charge in [-0.15, -0.1) is 11.3 Å². The Bertz CT molecular complexity index is 710. The van der Waals surface area contributed by atoms with Gasteiger partial charge in [0.1, 0.15) is 6.10 Å². The molecule has 3 aliphatic heterocycles. The van der Waals surface area contributed by atoms with Crippen molar-refractivity contribution < 1.29 is 37.3 Å². The van der Waals surface area contributed by atoms with E-state index in [-0.39, 0.29) is 18.1 Å². The molecular weight excluding hydrogens is 425 g/mol. The topological polar surface area (TPSA) is 79.3 Å². The molecule has 1 aromatic heterocycles. The molecule has 0 spiro atoms. The number of halogens is 3. The third kappa shape index (κ3) is 5.93. The highest BCUT2D eigenvalue weighted by Gasteiger charge is 2.42. The fourth-order valence-corrected chi connectivity index (χ4v) is 4.71. The Balaban J connectivity index is 0.000000318. The lowest BCUT2D eigenvalue weighted by Gasteiger charge is -2.38. The van der Waals surface area contributed by atoms with Gasteiger partial charge in [-0.25, -0.2) is 4.79 Å². The number of carbonyl (C=O) groups is 2. The molecule has 3 aliphatic rings. The Morgan fingerprint density at radius 1 is 1.17 bits per heavy atom. The van der Waals surface area contributed by atoms with E-state index in [9.17, 15) is 18.0 Å². The maximum absolute atomic E-state index is 12.6. The largest absolute Gasteiger partial charge is 0.490 e. The minimum absolute atomic E-state index is 0.170. The minimum atomic E-state index is -5.08. The quantitative estimate of drug-likeness (QED) is 0.762. The van der Waals surface area contributed by atoms with Crippen molar-refractivity contribution in [3.63, 3.8) is 0 Å². The summed E-state index contributed by atoms with van der Waals surface area (Å²) in [6.45, 7) is 4.81. The number of hydrogen-bond acceptors (Lipinski definition) is 6. The number of thiophene rings is 1. The number of nitrogens with zero attached hydrogens (tertiary/aromatic N) is 2. The Labute approximate surface area is 176 Å². The number of alkyl halides is 3. The van der Waals surface area contributed by atoms with E-state index in [2.05, 4.69) is 22.4 Å². The predicted molar refractivity (Wildman–Crippen MR) is 102 cm³/mol. The van der Waals surface area contributed by atoms with Crippen LogP contribution in [0.15, 0.2) is 17.5 Å². The molecule has 1 amide bonds. The van der Waals surface area contributed by atoms with Gasteiger partial charge < -0.3 is 19.5 Å². The zero-order valence-corrected chi connectivity index (χ0v) is 17.2. The highest BCUT2D eigenvalue weighted by atomic mass is 32.1. The molecule has 7 nitrogen and oxygen atoms in total. The van der Waals surface area contributed by atoms with E-state index in [0.29, 0.717) is 32.3 Å². The lowest BCUT2D eigenvalue weighted by molar-refractivity contribution is -0.192. The van der Waals surface area contributed by atoms with E-state index in [1.165, 1.54) is 4.88 Å². The molecule has 3 atom stereocenters. The van der Waals surface area contributed by atoms with Gasteiger partial charge >= 0.3 is 12.1 Å². The highest BCUT2D eigenvalue weighted by molar-refractivity contribution is 7.09. The molecule has 1 N–H and O–H groups in total. The second-order valence-corrected chi connectivity index (χ2v) is 8.42. The number of ether oxygens (including phenoxy) is 2. The molecule has 0 aliphatic carbocycles. The highest BCUT2D eigenvalue weighted by Crippen LogP contribution is 2.33.